The average Bonchev–Trinajstić information content (AvgIpc) is 2.46. The molecule has 1 aromatic heterocycles. The standard InChI is InChI=1S/C15H17N3O/c1-11(14-8-4-5-9-17-14)18-10-12-6-2-3-7-13(12)15(16)19/h2-9,11,18H,10H2,1H3,(H2,16,19)/t11-/m1/s1. The zero-order chi connectivity index (χ0) is 13.7. The van der Waals surface area contributed by atoms with Crippen LogP contribution in [0.4, 0.5) is 0 Å². The number of rotatable bonds is 5. The number of primary amides is 1. The number of benzene rings is 1. The van der Waals surface area contributed by atoms with E-state index in [1.165, 1.54) is 0 Å². The van der Waals surface area contributed by atoms with Gasteiger partial charge in [-0.1, -0.05) is 24.3 Å². The molecule has 3 N–H and O–H groups in total. The number of pyridine rings is 1. The number of nitrogens with zero attached hydrogens (tertiary/aromatic N) is 1. The molecule has 2 rings (SSSR count). The quantitative estimate of drug-likeness (QED) is 0.859. The van der Waals surface area contributed by atoms with E-state index in [4.69, 9.17) is 5.73 Å². The first-order valence-electron chi connectivity index (χ1n) is 6.20. The lowest BCUT2D eigenvalue weighted by Crippen LogP contribution is -2.22. The summed E-state index contributed by atoms with van der Waals surface area (Å²) < 4.78 is 0. The van der Waals surface area contributed by atoms with Crippen molar-refractivity contribution in [2.24, 2.45) is 5.73 Å². The lowest BCUT2D eigenvalue weighted by atomic mass is 10.1. The molecule has 1 heterocycles. The van der Waals surface area contributed by atoms with Gasteiger partial charge in [-0.15, -0.1) is 0 Å². The van der Waals surface area contributed by atoms with Crippen molar-refractivity contribution in [2.45, 2.75) is 19.5 Å². The molecule has 0 aliphatic carbocycles. The highest BCUT2D eigenvalue weighted by Crippen LogP contribution is 2.12. The Bertz CT molecular complexity index is 554. The fraction of sp³-hybridized carbons (Fsp3) is 0.200. The second kappa shape index (κ2) is 6.11. The van der Waals surface area contributed by atoms with Gasteiger partial charge >= 0.3 is 0 Å². The van der Waals surface area contributed by atoms with Crippen LogP contribution in [0.15, 0.2) is 48.7 Å². The van der Waals surface area contributed by atoms with Gasteiger partial charge in [0.25, 0.3) is 0 Å². The van der Waals surface area contributed by atoms with Crippen LogP contribution >= 0.6 is 0 Å². The van der Waals surface area contributed by atoms with Gasteiger partial charge in [0.1, 0.15) is 0 Å². The van der Waals surface area contributed by atoms with Gasteiger partial charge < -0.3 is 11.1 Å². The van der Waals surface area contributed by atoms with Crippen molar-refractivity contribution >= 4 is 5.91 Å². The molecule has 0 spiro atoms. The van der Waals surface area contributed by atoms with E-state index >= 15 is 0 Å². The number of nitrogens with two attached hydrogens (primary N) is 1. The van der Waals surface area contributed by atoms with Crippen molar-refractivity contribution in [1.29, 1.82) is 0 Å². The molecule has 4 nitrogen and oxygen atoms in total. The van der Waals surface area contributed by atoms with E-state index in [0.717, 1.165) is 11.3 Å². The lowest BCUT2D eigenvalue weighted by Gasteiger charge is -2.14. The summed E-state index contributed by atoms with van der Waals surface area (Å²) in [5.41, 5.74) is 7.78. The van der Waals surface area contributed by atoms with E-state index in [2.05, 4.69) is 10.3 Å². The van der Waals surface area contributed by atoms with Gasteiger partial charge in [-0.05, 0) is 30.7 Å². The van der Waals surface area contributed by atoms with E-state index in [1.54, 1.807) is 12.3 Å². The molecule has 0 saturated heterocycles. The number of hydrogen-bond acceptors (Lipinski definition) is 3. The highest BCUT2D eigenvalue weighted by molar-refractivity contribution is 5.94. The minimum absolute atomic E-state index is 0.113. The Balaban J connectivity index is 2.05. The summed E-state index contributed by atoms with van der Waals surface area (Å²) in [5, 5.41) is 3.34. The van der Waals surface area contributed by atoms with Gasteiger partial charge in [0.05, 0.1) is 5.69 Å². The van der Waals surface area contributed by atoms with Crippen molar-refractivity contribution in [3.63, 3.8) is 0 Å². The maximum atomic E-state index is 11.3. The third kappa shape index (κ3) is 3.39. The number of hydrogen-bond donors (Lipinski definition) is 2. The van der Waals surface area contributed by atoms with E-state index in [-0.39, 0.29) is 6.04 Å². The topological polar surface area (TPSA) is 68.0 Å². The van der Waals surface area contributed by atoms with Gasteiger partial charge in [-0.3, -0.25) is 9.78 Å². The largest absolute Gasteiger partial charge is 0.366 e. The summed E-state index contributed by atoms with van der Waals surface area (Å²) in [7, 11) is 0. The van der Waals surface area contributed by atoms with Crippen LogP contribution in [0, 0.1) is 0 Å². The summed E-state index contributed by atoms with van der Waals surface area (Å²) in [6.07, 6.45) is 1.77. The number of aromatic nitrogens is 1. The zero-order valence-corrected chi connectivity index (χ0v) is 10.8. The van der Waals surface area contributed by atoms with Gasteiger partial charge in [-0.25, -0.2) is 0 Å². The SMILES string of the molecule is C[C@@H](NCc1ccccc1C(N)=O)c1ccccn1. The van der Waals surface area contributed by atoms with Crippen LogP contribution in [0.1, 0.15) is 34.6 Å². The van der Waals surface area contributed by atoms with Crippen LogP contribution < -0.4 is 11.1 Å². The van der Waals surface area contributed by atoms with Crippen LogP contribution in [0.3, 0.4) is 0 Å². The Kier molecular flexibility index (Phi) is 4.26. The van der Waals surface area contributed by atoms with Crippen LogP contribution in [0.2, 0.25) is 0 Å². The fourth-order valence-corrected chi connectivity index (χ4v) is 1.91. The van der Waals surface area contributed by atoms with Crippen molar-refractivity contribution in [3.8, 4) is 0 Å². The molecule has 98 valence electrons. The summed E-state index contributed by atoms with van der Waals surface area (Å²) >= 11 is 0. The minimum Gasteiger partial charge on any atom is -0.366 e. The first kappa shape index (κ1) is 13.2. The molecule has 1 aromatic carbocycles. The molecule has 4 heteroatoms. The maximum absolute atomic E-state index is 11.3. The van der Waals surface area contributed by atoms with Crippen LogP contribution in [0.5, 0.6) is 0 Å². The summed E-state index contributed by atoms with van der Waals surface area (Å²) in [4.78, 5) is 15.6. The third-order valence-electron chi connectivity index (χ3n) is 3.01. The Morgan fingerprint density at radius 1 is 1.26 bits per heavy atom. The molecular weight excluding hydrogens is 238 g/mol. The Labute approximate surface area is 112 Å². The summed E-state index contributed by atoms with van der Waals surface area (Å²) in [6.45, 7) is 2.62. The number of carbonyl (C=O) groups excluding carboxylic acids is 1. The van der Waals surface area contributed by atoms with Gasteiger partial charge in [-0.2, -0.15) is 0 Å². The minimum atomic E-state index is -0.400. The Hall–Kier alpha value is -2.20. The molecule has 1 atom stereocenters. The first-order chi connectivity index (χ1) is 9.18. The Morgan fingerprint density at radius 3 is 2.68 bits per heavy atom. The average molecular weight is 255 g/mol. The van der Waals surface area contributed by atoms with Crippen LogP contribution in [-0.4, -0.2) is 10.9 Å². The van der Waals surface area contributed by atoms with Crippen molar-refractivity contribution < 1.29 is 4.79 Å². The fourth-order valence-electron chi connectivity index (χ4n) is 1.91. The molecule has 0 aliphatic rings. The van der Waals surface area contributed by atoms with E-state index in [9.17, 15) is 4.79 Å². The van der Waals surface area contributed by atoms with Crippen molar-refractivity contribution in [2.75, 3.05) is 0 Å². The number of amides is 1. The van der Waals surface area contributed by atoms with E-state index in [1.807, 2.05) is 43.3 Å². The predicted molar refractivity (Wildman–Crippen MR) is 74.5 cm³/mol. The lowest BCUT2D eigenvalue weighted by molar-refractivity contribution is 0.0999. The molecule has 0 saturated carbocycles. The summed E-state index contributed by atoms with van der Waals surface area (Å²) in [6, 6.07) is 13.3. The van der Waals surface area contributed by atoms with Crippen LogP contribution in [-0.2, 0) is 6.54 Å². The second-order valence-corrected chi connectivity index (χ2v) is 4.38. The molecule has 1 amide bonds. The molecule has 19 heavy (non-hydrogen) atoms. The highest BCUT2D eigenvalue weighted by atomic mass is 16.1. The van der Waals surface area contributed by atoms with Gasteiger partial charge in [0, 0.05) is 24.3 Å². The van der Waals surface area contributed by atoms with Gasteiger partial charge in [0.2, 0.25) is 5.91 Å². The molecule has 0 bridgehead atoms. The molecule has 0 aliphatic heterocycles. The number of nitrogens with one attached hydrogen (secondary N) is 1. The van der Waals surface area contributed by atoms with E-state index < -0.39 is 5.91 Å². The smallest absolute Gasteiger partial charge is 0.249 e. The second-order valence-electron chi connectivity index (χ2n) is 4.38. The monoisotopic (exact) mass is 255 g/mol. The molecule has 2 aromatic rings. The zero-order valence-electron chi connectivity index (χ0n) is 10.8. The summed E-state index contributed by atoms with van der Waals surface area (Å²) in [5.74, 6) is -0.400. The molecule has 0 unspecified atom stereocenters. The van der Waals surface area contributed by atoms with Crippen molar-refractivity contribution in [3.05, 3.63) is 65.5 Å². The molecular formula is C15H17N3O. The third-order valence-corrected chi connectivity index (χ3v) is 3.01. The Morgan fingerprint density at radius 2 is 2.00 bits per heavy atom. The van der Waals surface area contributed by atoms with Crippen LogP contribution in [0.25, 0.3) is 0 Å². The van der Waals surface area contributed by atoms with Crippen molar-refractivity contribution in [1.82, 2.24) is 10.3 Å². The molecule has 0 fully saturated rings. The predicted octanol–water partition coefficient (Wildman–Crippen LogP) is 2.03. The van der Waals surface area contributed by atoms with Gasteiger partial charge in [0.15, 0.2) is 0 Å². The highest BCUT2D eigenvalue weighted by Gasteiger charge is 2.09. The maximum Gasteiger partial charge on any atom is 0.249 e. The first-order valence-corrected chi connectivity index (χ1v) is 6.20. The molecule has 0 radical (unpaired) electrons. The number of carbonyl (C=O) groups is 1. The normalized spacial score (nSPS) is 12.1. The van der Waals surface area contributed by atoms with E-state index in [0.29, 0.717) is 12.1 Å².